The number of fused-ring (bicyclic) bond motifs is 5. The fraction of sp³-hybridized carbons (Fsp3) is 0.903. The molecule has 34 heavy (non-hydrogen) atoms. The average molecular weight is 470 g/mol. The maximum atomic E-state index is 12.3. The molecule has 0 aromatic heterocycles. The monoisotopic (exact) mass is 469 g/mol. The van der Waals surface area contributed by atoms with Crippen LogP contribution in [0.4, 0.5) is 0 Å². The molecule has 1 saturated heterocycles. The van der Waals surface area contributed by atoms with Gasteiger partial charge in [0.2, 0.25) is 0 Å². The first-order valence-electron chi connectivity index (χ1n) is 14.8. The Labute approximate surface area is 209 Å². The largest absolute Gasteiger partial charge is 0.461 e. The van der Waals surface area contributed by atoms with Gasteiger partial charge in [0, 0.05) is 19.5 Å². The molecule has 0 N–H and O–H groups in total. The summed E-state index contributed by atoms with van der Waals surface area (Å²) in [4.78, 5) is 14.4. The lowest BCUT2D eigenvalue weighted by molar-refractivity contribution is -0.151. The molecule has 0 unspecified atom stereocenters. The summed E-state index contributed by atoms with van der Waals surface area (Å²) < 4.78 is 5.92. The van der Waals surface area contributed by atoms with Crippen LogP contribution in [0.1, 0.15) is 105 Å². The number of hydrogen-bond acceptors (Lipinski definition) is 3. The van der Waals surface area contributed by atoms with Gasteiger partial charge in [-0.15, -0.1) is 0 Å². The molecule has 3 saturated carbocycles. The predicted molar refractivity (Wildman–Crippen MR) is 139 cm³/mol. The van der Waals surface area contributed by atoms with Crippen LogP contribution in [-0.2, 0) is 9.53 Å². The Morgan fingerprint density at radius 3 is 2.59 bits per heavy atom. The van der Waals surface area contributed by atoms with Crippen molar-refractivity contribution in [1.82, 2.24) is 4.90 Å². The van der Waals surface area contributed by atoms with Crippen LogP contribution in [0.25, 0.3) is 0 Å². The molecule has 3 nitrogen and oxygen atoms in total. The lowest BCUT2D eigenvalue weighted by Crippen LogP contribution is -2.51. The minimum absolute atomic E-state index is 0.00617. The van der Waals surface area contributed by atoms with Crippen molar-refractivity contribution in [2.24, 2.45) is 46.3 Å². The first kappa shape index (κ1) is 24.8. The number of rotatable bonds is 8. The average Bonchev–Trinajstić information content (AvgIpc) is 3.51. The van der Waals surface area contributed by atoms with Gasteiger partial charge in [-0.25, -0.2) is 0 Å². The first-order valence-corrected chi connectivity index (χ1v) is 14.8. The maximum Gasteiger partial charge on any atom is 0.320 e. The standard InChI is InChI=1S/C31H51NO2/c1-21(2)7-6-8-22(3)26-11-12-27-25-10-9-23-19-24(34-29(33)20-32-17-18-32)13-15-30(23,4)28(25)14-16-31(26,27)5/h9,21-22,24-28H,6-8,10-20H2,1-5H3/t22-,24+,25-,26+,27-,28-,30-,31+/m0/s1. The summed E-state index contributed by atoms with van der Waals surface area (Å²) in [7, 11) is 0. The highest BCUT2D eigenvalue weighted by atomic mass is 16.5. The molecule has 4 aliphatic carbocycles. The second-order valence-electron chi connectivity index (χ2n) is 13.9. The van der Waals surface area contributed by atoms with E-state index in [9.17, 15) is 4.79 Å². The van der Waals surface area contributed by atoms with Gasteiger partial charge in [0.1, 0.15) is 6.10 Å². The molecule has 0 aromatic rings. The molecule has 0 aromatic carbocycles. The third kappa shape index (κ3) is 4.64. The van der Waals surface area contributed by atoms with Gasteiger partial charge >= 0.3 is 5.97 Å². The van der Waals surface area contributed by atoms with Crippen molar-refractivity contribution < 1.29 is 9.53 Å². The van der Waals surface area contributed by atoms with Gasteiger partial charge in [-0.1, -0.05) is 65.5 Å². The highest BCUT2D eigenvalue weighted by molar-refractivity contribution is 5.72. The van der Waals surface area contributed by atoms with E-state index in [2.05, 4.69) is 45.6 Å². The topological polar surface area (TPSA) is 29.3 Å². The zero-order valence-electron chi connectivity index (χ0n) is 22.8. The first-order chi connectivity index (χ1) is 16.2. The van der Waals surface area contributed by atoms with Gasteiger partial charge in [0.15, 0.2) is 0 Å². The third-order valence-corrected chi connectivity index (χ3v) is 11.5. The fourth-order valence-corrected chi connectivity index (χ4v) is 9.39. The second-order valence-corrected chi connectivity index (χ2v) is 13.9. The molecular weight excluding hydrogens is 418 g/mol. The molecule has 1 heterocycles. The summed E-state index contributed by atoms with van der Waals surface area (Å²) in [5, 5.41) is 0. The maximum absolute atomic E-state index is 12.3. The van der Waals surface area contributed by atoms with Crippen LogP contribution < -0.4 is 0 Å². The van der Waals surface area contributed by atoms with Crippen LogP contribution in [0.5, 0.6) is 0 Å². The molecule has 8 atom stereocenters. The Balaban J connectivity index is 1.24. The molecule has 0 radical (unpaired) electrons. The summed E-state index contributed by atoms with van der Waals surface area (Å²) in [6, 6.07) is 0. The molecule has 5 rings (SSSR count). The van der Waals surface area contributed by atoms with Gasteiger partial charge in [0.25, 0.3) is 0 Å². The van der Waals surface area contributed by atoms with Gasteiger partial charge in [-0.2, -0.15) is 0 Å². The highest BCUT2D eigenvalue weighted by Gasteiger charge is 2.59. The molecule has 3 heteroatoms. The Morgan fingerprint density at radius 2 is 1.85 bits per heavy atom. The van der Waals surface area contributed by atoms with Crippen molar-refractivity contribution >= 4 is 5.97 Å². The number of nitrogens with zero attached hydrogens (tertiary/aromatic N) is 1. The SMILES string of the molecule is CC(C)CCC[C@H](C)[C@H]1CC[C@H]2[C@@H]3CC=C4C[C@H](OC(=O)CN5CC5)CC[C@]4(C)[C@H]3CC[C@]12C. The van der Waals surface area contributed by atoms with Gasteiger partial charge < -0.3 is 4.74 Å². The second kappa shape index (κ2) is 9.56. The van der Waals surface area contributed by atoms with E-state index in [1.165, 1.54) is 57.8 Å². The van der Waals surface area contributed by atoms with Crippen molar-refractivity contribution in [3.63, 3.8) is 0 Å². The number of carbonyl (C=O) groups is 1. The third-order valence-electron chi connectivity index (χ3n) is 11.5. The van der Waals surface area contributed by atoms with E-state index in [0.29, 0.717) is 17.4 Å². The van der Waals surface area contributed by atoms with Gasteiger partial charge in [0.05, 0.1) is 6.54 Å². The summed E-state index contributed by atoms with van der Waals surface area (Å²) in [5.74, 6) is 5.29. The number of carbonyl (C=O) groups excluding carboxylic acids is 1. The zero-order chi connectivity index (χ0) is 24.1. The van der Waals surface area contributed by atoms with Gasteiger partial charge in [-0.05, 0) is 91.3 Å². The van der Waals surface area contributed by atoms with Crippen molar-refractivity contribution in [3.8, 4) is 0 Å². The molecule has 0 spiro atoms. The van der Waals surface area contributed by atoms with E-state index >= 15 is 0 Å². The van der Waals surface area contributed by atoms with Crippen molar-refractivity contribution in [2.75, 3.05) is 19.6 Å². The molecule has 1 aliphatic heterocycles. The van der Waals surface area contributed by atoms with Crippen LogP contribution in [0.3, 0.4) is 0 Å². The summed E-state index contributed by atoms with van der Waals surface area (Å²) in [5.41, 5.74) is 2.53. The lowest BCUT2D eigenvalue weighted by atomic mass is 9.47. The number of hydrogen-bond donors (Lipinski definition) is 0. The highest BCUT2D eigenvalue weighted by Crippen LogP contribution is 2.67. The van der Waals surface area contributed by atoms with Crippen LogP contribution >= 0.6 is 0 Å². The Bertz CT molecular complexity index is 784. The summed E-state index contributed by atoms with van der Waals surface area (Å²) in [6.45, 7) is 15.2. The van der Waals surface area contributed by atoms with Crippen molar-refractivity contribution in [3.05, 3.63) is 11.6 Å². The number of ether oxygens (including phenoxy) is 1. The van der Waals surface area contributed by atoms with E-state index in [1.807, 2.05) is 0 Å². The zero-order valence-corrected chi connectivity index (χ0v) is 22.8. The van der Waals surface area contributed by atoms with Gasteiger partial charge in [-0.3, -0.25) is 9.69 Å². The van der Waals surface area contributed by atoms with E-state index in [4.69, 9.17) is 4.74 Å². The smallest absolute Gasteiger partial charge is 0.320 e. The Kier molecular flexibility index (Phi) is 6.99. The predicted octanol–water partition coefficient (Wildman–Crippen LogP) is 7.26. The molecule has 4 fully saturated rings. The minimum Gasteiger partial charge on any atom is -0.461 e. The number of esters is 1. The normalized spacial score (nSPS) is 42.4. The summed E-state index contributed by atoms with van der Waals surface area (Å²) in [6.07, 6.45) is 17.3. The Hall–Kier alpha value is -0.830. The van der Waals surface area contributed by atoms with Crippen LogP contribution in [0.15, 0.2) is 11.6 Å². The van der Waals surface area contributed by atoms with E-state index in [0.717, 1.165) is 61.4 Å². The lowest BCUT2D eigenvalue weighted by Gasteiger charge is -2.58. The molecule has 5 aliphatic rings. The molecule has 0 bridgehead atoms. The summed E-state index contributed by atoms with van der Waals surface area (Å²) >= 11 is 0. The number of allylic oxidation sites excluding steroid dienone is 1. The van der Waals surface area contributed by atoms with Crippen molar-refractivity contribution in [1.29, 1.82) is 0 Å². The fourth-order valence-electron chi connectivity index (χ4n) is 9.39. The van der Waals surface area contributed by atoms with E-state index in [-0.39, 0.29) is 12.1 Å². The van der Waals surface area contributed by atoms with Crippen LogP contribution in [0, 0.1) is 46.3 Å². The van der Waals surface area contributed by atoms with Crippen molar-refractivity contribution in [2.45, 2.75) is 111 Å². The van der Waals surface area contributed by atoms with E-state index in [1.54, 1.807) is 5.57 Å². The van der Waals surface area contributed by atoms with E-state index < -0.39 is 0 Å². The molecule has 192 valence electrons. The van der Waals surface area contributed by atoms with Crippen LogP contribution in [-0.4, -0.2) is 36.6 Å². The van der Waals surface area contributed by atoms with Crippen LogP contribution in [0.2, 0.25) is 0 Å². The quantitative estimate of drug-likeness (QED) is 0.213. The Morgan fingerprint density at radius 1 is 1.06 bits per heavy atom. The molecule has 0 amide bonds. The molecular formula is C31H51NO2. The minimum atomic E-state index is -0.00617.